The molecule has 3 aromatic rings. The van der Waals surface area contributed by atoms with Crippen molar-refractivity contribution in [1.29, 1.82) is 5.26 Å². The van der Waals surface area contributed by atoms with Crippen LogP contribution in [0, 0.1) is 17.1 Å². The third-order valence-electron chi connectivity index (χ3n) is 5.47. The van der Waals surface area contributed by atoms with Crippen LogP contribution in [-0.2, 0) is 13.6 Å². The number of nitriles is 1. The number of benzene rings is 1. The van der Waals surface area contributed by atoms with E-state index in [1.165, 1.54) is 40.8 Å². The zero-order valence-corrected chi connectivity index (χ0v) is 18.0. The zero-order chi connectivity index (χ0) is 22.9. The molecule has 0 saturated heterocycles. The summed E-state index contributed by atoms with van der Waals surface area (Å²) in [6, 6.07) is 8.89. The van der Waals surface area contributed by atoms with Gasteiger partial charge in [-0.3, -0.25) is 19.7 Å². The number of aryl methyl sites for hydroxylation is 1. The van der Waals surface area contributed by atoms with Crippen molar-refractivity contribution in [3.63, 3.8) is 0 Å². The summed E-state index contributed by atoms with van der Waals surface area (Å²) in [6.07, 6.45) is 3.51. The van der Waals surface area contributed by atoms with Gasteiger partial charge in [0.2, 0.25) is 0 Å². The Morgan fingerprint density at radius 2 is 2.19 bits per heavy atom. The normalized spacial score (nSPS) is 14.1. The number of hydrogen-bond donors (Lipinski definition) is 2. The fourth-order valence-electron chi connectivity index (χ4n) is 3.34. The second-order valence-corrected chi connectivity index (χ2v) is 8.77. The van der Waals surface area contributed by atoms with Crippen LogP contribution in [0.2, 0.25) is 0 Å². The number of nitrogens with zero attached hydrogens (tertiary/aromatic N) is 3. The molecule has 0 atom stereocenters. The van der Waals surface area contributed by atoms with E-state index in [1.807, 2.05) is 0 Å². The summed E-state index contributed by atoms with van der Waals surface area (Å²) in [6.45, 7) is 0.420. The first-order chi connectivity index (χ1) is 15.4. The number of nitrogens with one attached hydrogen (secondary N) is 1. The van der Waals surface area contributed by atoms with Crippen LogP contribution in [0.4, 0.5) is 4.39 Å². The molecule has 0 bridgehead atoms. The summed E-state index contributed by atoms with van der Waals surface area (Å²) in [4.78, 5) is 29.9. The predicted octanol–water partition coefficient (Wildman–Crippen LogP) is 2.39. The molecular formula is C22H20FN5O3S. The maximum atomic E-state index is 13.8. The van der Waals surface area contributed by atoms with Crippen molar-refractivity contribution in [3.8, 4) is 11.8 Å². The van der Waals surface area contributed by atoms with Gasteiger partial charge in [0.25, 0.3) is 11.5 Å². The number of aromatic nitrogens is 2. The van der Waals surface area contributed by atoms with E-state index in [-0.39, 0.29) is 22.4 Å². The molecule has 3 N–H and O–H groups in total. The predicted molar refractivity (Wildman–Crippen MR) is 119 cm³/mol. The molecule has 1 saturated carbocycles. The van der Waals surface area contributed by atoms with Crippen LogP contribution in [0.3, 0.4) is 0 Å². The fraction of sp³-hybridized carbons (Fsp3) is 0.273. The first-order valence-corrected chi connectivity index (χ1v) is 10.7. The average molecular weight is 453 g/mol. The summed E-state index contributed by atoms with van der Waals surface area (Å²) in [5.74, 6) is -0.782. The molecule has 164 valence electrons. The van der Waals surface area contributed by atoms with Crippen molar-refractivity contribution < 1.29 is 13.9 Å². The van der Waals surface area contributed by atoms with E-state index in [0.29, 0.717) is 29.0 Å². The van der Waals surface area contributed by atoms with Crippen molar-refractivity contribution in [1.82, 2.24) is 14.9 Å². The molecule has 0 radical (unpaired) electrons. The molecule has 4 rings (SSSR count). The highest BCUT2D eigenvalue weighted by atomic mass is 32.2. The second-order valence-electron chi connectivity index (χ2n) is 7.66. The monoisotopic (exact) mass is 453 g/mol. The van der Waals surface area contributed by atoms with Gasteiger partial charge in [0.1, 0.15) is 35.3 Å². The van der Waals surface area contributed by atoms with E-state index in [9.17, 15) is 14.0 Å². The van der Waals surface area contributed by atoms with Crippen molar-refractivity contribution in [3.05, 3.63) is 69.4 Å². The smallest absolute Gasteiger partial charge is 0.263 e. The Labute approximate surface area is 187 Å². The van der Waals surface area contributed by atoms with Crippen LogP contribution in [-0.4, -0.2) is 26.8 Å². The Hall–Kier alpha value is -3.42. The Morgan fingerprint density at radius 1 is 1.41 bits per heavy atom. The molecule has 0 spiro atoms. The fourth-order valence-corrected chi connectivity index (χ4v) is 3.80. The minimum Gasteiger partial charge on any atom is -0.490 e. The van der Waals surface area contributed by atoms with Gasteiger partial charge in [0.15, 0.2) is 0 Å². The van der Waals surface area contributed by atoms with Crippen molar-refractivity contribution in [2.45, 2.75) is 24.1 Å². The van der Waals surface area contributed by atoms with Gasteiger partial charge in [-0.25, -0.2) is 4.39 Å². The van der Waals surface area contributed by atoms with Crippen LogP contribution in [0.5, 0.6) is 5.75 Å². The molecule has 1 amide bonds. The SMILES string of the molecule is Cn1c(=O)c(C(=O)NCc2ccc(C#N)c(F)c2)cc2nccc(OCC3(SN)CC3)c21. The van der Waals surface area contributed by atoms with E-state index in [0.717, 1.165) is 12.8 Å². The van der Waals surface area contributed by atoms with Gasteiger partial charge in [0, 0.05) is 25.9 Å². The molecule has 8 nitrogen and oxygen atoms in total. The van der Waals surface area contributed by atoms with Gasteiger partial charge < -0.3 is 14.6 Å². The molecule has 0 unspecified atom stereocenters. The topological polar surface area (TPSA) is 123 Å². The lowest BCUT2D eigenvalue weighted by molar-refractivity contribution is 0.0949. The number of amides is 1. The molecule has 10 heteroatoms. The van der Waals surface area contributed by atoms with Crippen molar-refractivity contribution in [2.75, 3.05) is 6.61 Å². The number of carbonyl (C=O) groups is 1. The van der Waals surface area contributed by atoms with E-state index in [2.05, 4.69) is 10.3 Å². The summed E-state index contributed by atoms with van der Waals surface area (Å²) in [5.41, 5.74) is 0.715. The maximum Gasteiger partial charge on any atom is 0.263 e. The van der Waals surface area contributed by atoms with Crippen LogP contribution >= 0.6 is 11.9 Å². The largest absolute Gasteiger partial charge is 0.490 e. The van der Waals surface area contributed by atoms with Crippen LogP contribution in [0.25, 0.3) is 11.0 Å². The zero-order valence-electron chi connectivity index (χ0n) is 17.2. The number of pyridine rings is 2. The number of halogens is 1. The van der Waals surface area contributed by atoms with Crippen LogP contribution < -0.4 is 20.8 Å². The lowest BCUT2D eigenvalue weighted by Gasteiger charge is -2.16. The third-order valence-corrected chi connectivity index (χ3v) is 6.49. The number of carbonyl (C=O) groups excluding carboxylic acids is 1. The highest BCUT2D eigenvalue weighted by Gasteiger charge is 2.43. The summed E-state index contributed by atoms with van der Waals surface area (Å²) in [5, 5.41) is 17.2. The van der Waals surface area contributed by atoms with Gasteiger partial charge >= 0.3 is 0 Å². The quantitative estimate of drug-likeness (QED) is 0.527. The first kappa shape index (κ1) is 21.8. The molecule has 2 aromatic heterocycles. The van der Waals surface area contributed by atoms with Gasteiger partial charge in [-0.15, -0.1) is 0 Å². The van der Waals surface area contributed by atoms with E-state index in [4.69, 9.17) is 15.1 Å². The Morgan fingerprint density at radius 3 is 2.84 bits per heavy atom. The number of nitrogens with two attached hydrogens (primary N) is 1. The summed E-state index contributed by atoms with van der Waals surface area (Å²) in [7, 11) is 1.55. The standard InChI is InChI=1S/C22H20FN5O3S/c1-28-19-17(26-7-4-18(19)31-12-22(32-25)5-6-22)9-15(21(28)30)20(29)27-11-13-2-3-14(10-24)16(23)8-13/h2-4,7-9H,5-6,11-12,25H2,1H3,(H,27,29). The molecule has 1 fully saturated rings. The Balaban J connectivity index is 1.57. The third kappa shape index (κ3) is 4.17. The lowest BCUT2D eigenvalue weighted by Crippen LogP contribution is -2.32. The molecule has 1 aromatic carbocycles. The van der Waals surface area contributed by atoms with E-state index >= 15 is 0 Å². The van der Waals surface area contributed by atoms with Gasteiger partial charge in [0.05, 0.1) is 15.8 Å². The Kier molecular flexibility index (Phi) is 5.86. The lowest BCUT2D eigenvalue weighted by atomic mass is 10.1. The maximum absolute atomic E-state index is 13.8. The molecule has 32 heavy (non-hydrogen) atoms. The molecular weight excluding hydrogens is 433 g/mol. The van der Waals surface area contributed by atoms with Crippen LogP contribution in [0.1, 0.15) is 34.3 Å². The first-order valence-electron chi connectivity index (χ1n) is 9.83. The van der Waals surface area contributed by atoms with Gasteiger partial charge in [-0.05, 0) is 36.6 Å². The Bertz CT molecular complexity index is 1310. The van der Waals surface area contributed by atoms with Gasteiger partial charge in [-0.2, -0.15) is 5.26 Å². The molecule has 0 aliphatic heterocycles. The van der Waals surface area contributed by atoms with Crippen LogP contribution in [0.15, 0.2) is 41.3 Å². The highest BCUT2D eigenvalue weighted by Crippen LogP contribution is 2.46. The minimum absolute atomic E-state index is 0.00191. The van der Waals surface area contributed by atoms with E-state index in [1.54, 1.807) is 25.4 Å². The number of fused-ring (bicyclic) bond motifs is 1. The second kappa shape index (κ2) is 8.61. The molecule has 2 heterocycles. The highest BCUT2D eigenvalue weighted by molar-refractivity contribution is 7.98. The molecule has 1 aliphatic rings. The average Bonchev–Trinajstić information content (AvgIpc) is 3.59. The summed E-state index contributed by atoms with van der Waals surface area (Å²) >= 11 is 1.28. The number of ether oxygens (including phenoxy) is 1. The number of hydrogen-bond acceptors (Lipinski definition) is 7. The van der Waals surface area contributed by atoms with Crippen molar-refractivity contribution >= 4 is 28.9 Å². The van der Waals surface area contributed by atoms with E-state index < -0.39 is 17.3 Å². The summed E-state index contributed by atoms with van der Waals surface area (Å²) < 4.78 is 21.0. The molecule has 1 aliphatic carbocycles. The number of rotatable bonds is 7. The van der Waals surface area contributed by atoms with Gasteiger partial charge in [-0.1, -0.05) is 18.0 Å². The van der Waals surface area contributed by atoms with Crippen molar-refractivity contribution in [2.24, 2.45) is 12.2 Å². The minimum atomic E-state index is -0.668.